The molecule has 0 spiro atoms. The van der Waals surface area contributed by atoms with Crippen LogP contribution in [0, 0.1) is 16.7 Å². The van der Waals surface area contributed by atoms with Crippen LogP contribution < -0.4 is 0 Å². The molecule has 4 nitrogen and oxygen atoms in total. The summed E-state index contributed by atoms with van der Waals surface area (Å²) in [5, 5.41) is 8.73. The second kappa shape index (κ2) is 5.23. The molecule has 0 aliphatic carbocycles. The van der Waals surface area contributed by atoms with Crippen molar-refractivity contribution in [2.24, 2.45) is 5.41 Å². The molecule has 1 atom stereocenters. The topological polar surface area (TPSA) is 53.3 Å². The first-order valence-corrected chi connectivity index (χ1v) is 6.75. The first-order valence-electron chi connectivity index (χ1n) is 6.75. The molecule has 1 amide bonds. The van der Waals surface area contributed by atoms with Crippen molar-refractivity contribution in [2.75, 3.05) is 0 Å². The molecule has 0 unspecified atom stereocenters. The highest BCUT2D eigenvalue weighted by Gasteiger charge is 2.44. The third-order valence-corrected chi connectivity index (χ3v) is 3.33. The van der Waals surface area contributed by atoms with Crippen molar-refractivity contribution in [2.45, 2.75) is 38.6 Å². The van der Waals surface area contributed by atoms with Crippen LogP contribution in [0.4, 0.5) is 0 Å². The van der Waals surface area contributed by atoms with Crippen LogP contribution in [0.3, 0.4) is 0 Å². The number of hydrogen-bond donors (Lipinski definition) is 0. The Morgan fingerprint density at radius 3 is 2.43 bits per heavy atom. The number of rotatable bonds is 1. The SMILES string of the molecule is [B]C1([B])C[C@@H](c2ccc(C#N)cc2)N(C(=O)C(C)(C)C)O1. The fourth-order valence-electron chi connectivity index (χ4n) is 2.22. The van der Waals surface area contributed by atoms with E-state index in [4.69, 9.17) is 25.8 Å². The molecule has 4 radical (unpaired) electrons. The van der Waals surface area contributed by atoms with Gasteiger partial charge in [-0.05, 0) is 24.1 Å². The molecule has 0 aromatic heterocycles. The van der Waals surface area contributed by atoms with Gasteiger partial charge in [0.1, 0.15) is 15.7 Å². The van der Waals surface area contributed by atoms with Crippen LogP contribution in [0.15, 0.2) is 24.3 Å². The van der Waals surface area contributed by atoms with Crippen LogP contribution >= 0.6 is 0 Å². The molecule has 1 fully saturated rings. The van der Waals surface area contributed by atoms with Gasteiger partial charge < -0.3 is 0 Å². The number of hydroxylamine groups is 2. The molecule has 0 N–H and O–H groups in total. The summed E-state index contributed by atoms with van der Waals surface area (Å²) in [7, 11) is 11.7. The van der Waals surface area contributed by atoms with E-state index in [1.807, 2.05) is 20.8 Å². The van der Waals surface area contributed by atoms with Gasteiger partial charge in [0.2, 0.25) is 0 Å². The van der Waals surface area contributed by atoms with E-state index in [2.05, 4.69) is 6.07 Å². The second-order valence-electron chi connectivity index (χ2n) is 6.38. The van der Waals surface area contributed by atoms with Gasteiger partial charge in [-0.3, -0.25) is 9.63 Å². The lowest BCUT2D eigenvalue weighted by molar-refractivity contribution is -0.194. The Bertz CT molecular complexity index is 585. The molecule has 1 aliphatic rings. The van der Waals surface area contributed by atoms with E-state index in [1.54, 1.807) is 24.3 Å². The average Bonchev–Trinajstić information content (AvgIpc) is 2.73. The molecule has 1 heterocycles. The van der Waals surface area contributed by atoms with Gasteiger partial charge in [0.05, 0.1) is 17.7 Å². The highest BCUT2D eigenvalue weighted by atomic mass is 16.7. The molecule has 104 valence electrons. The Kier molecular flexibility index (Phi) is 3.90. The Morgan fingerprint density at radius 2 is 1.95 bits per heavy atom. The first kappa shape index (κ1) is 15.7. The van der Waals surface area contributed by atoms with Crippen molar-refractivity contribution >= 4 is 21.6 Å². The van der Waals surface area contributed by atoms with E-state index in [9.17, 15) is 4.79 Å². The van der Waals surface area contributed by atoms with Crippen molar-refractivity contribution in [3.05, 3.63) is 35.4 Å². The highest BCUT2D eigenvalue weighted by Crippen LogP contribution is 2.39. The van der Waals surface area contributed by atoms with Gasteiger partial charge in [-0.1, -0.05) is 32.9 Å². The largest absolute Gasteiger partial charge is 0.283 e. The van der Waals surface area contributed by atoms with Crippen molar-refractivity contribution in [1.82, 2.24) is 5.06 Å². The van der Waals surface area contributed by atoms with Gasteiger partial charge in [-0.15, -0.1) is 0 Å². The molecule has 1 aliphatic heterocycles. The maximum absolute atomic E-state index is 12.5. The van der Waals surface area contributed by atoms with Crippen molar-refractivity contribution < 1.29 is 9.63 Å². The maximum atomic E-state index is 12.5. The highest BCUT2D eigenvalue weighted by molar-refractivity contribution is 6.39. The minimum absolute atomic E-state index is 0.186. The predicted octanol–water partition coefficient (Wildman–Crippen LogP) is 1.80. The molecule has 1 aromatic carbocycles. The fourth-order valence-corrected chi connectivity index (χ4v) is 2.22. The summed E-state index contributed by atoms with van der Waals surface area (Å²) < 4.78 is 0. The van der Waals surface area contributed by atoms with Crippen LogP contribution in [0.1, 0.15) is 44.4 Å². The molecule has 1 saturated heterocycles. The fraction of sp³-hybridized carbons (Fsp3) is 0.467. The van der Waals surface area contributed by atoms with Gasteiger partial charge in [-0.2, -0.15) is 5.26 Å². The zero-order valence-corrected chi connectivity index (χ0v) is 12.5. The van der Waals surface area contributed by atoms with Crippen LogP contribution in [0.2, 0.25) is 0 Å². The van der Waals surface area contributed by atoms with E-state index in [0.717, 1.165) is 5.56 Å². The number of carbonyl (C=O) groups is 1. The van der Waals surface area contributed by atoms with E-state index in [1.165, 1.54) is 5.06 Å². The Balaban J connectivity index is 2.34. The van der Waals surface area contributed by atoms with E-state index in [0.29, 0.717) is 12.0 Å². The van der Waals surface area contributed by atoms with Crippen molar-refractivity contribution in [3.63, 3.8) is 0 Å². The van der Waals surface area contributed by atoms with E-state index >= 15 is 0 Å². The van der Waals surface area contributed by atoms with E-state index < -0.39 is 10.8 Å². The predicted molar refractivity (Wildman–Crippen MR) is 80.1 cm³/mol. The molecule has 21 heavy (non-hydrogen) atoms. The monoisotopic (exact) mass is 278 g/mol. The summed E-state index contributed by atoms with van der Waals surface area (Å²) in [5.74, 6) is -0.186. The summed E-state index contributed by atoms with van der Waals surface area (Å²) in [6.07, 6.45) is 0.292. The minimum atomic E-state index is -1.38. The number of nitriles is 1. The molecule has 2 rings (SSSR count). The van der Waals surface area contributed by atoms with Gasteiger partial charge in [0, 0.05) is 10.8 Å². The molecule has 0 saturated carbocycles. The lowest BCUT2D eigenvalue weighted by Gasteiger charge is -2.30. The Morgan fingerprint density at radius 1 is 1.38 bits per heavy atom. The summed E-state index contributed by atoms with van der Waals surface area (Å²) in [4.78, 5) is 17.9. The zero-order valence-electron chi connectivity index (χ0n) is 12.5. The van der Waals surface area contributed by atoms with Gasteiger partial charge in [-0.25, -0.2) is 5.06 Å². The van der Waals surface area contributed by atoms with Gasteiger partial charge >= 0.3 is 0 Å². The Labute approximate surface area is 127 Å². The lowest BCUT2D eigenvalue weighted by Crippen LogP contribution is -2.40. The minimum Gasteiger partial charge on any atom is -0.283 e. The first-order chi connectivity index (χ1) is 9.64. The average molecular weight is 278 g/mol. The normalized spacial score (nSPS) is 21.0. The number of carbonyl (C=O) groups excluding carboxylic acids is 1. The molecular formula is C15H16B2N2O2. The van der Waals surface area contributed by atoms with Crippen LogP contribution in [0.5, 0.6) is 0 Å². The quantitative estimate of drug-likeness (QED) is 0.736. The van der Waals surface area contributed by atoms with Crippen LogP contribution in [-0.2, 0) is 9.63 Å². The number of benzene rings is 1. The number of nitrogens with zero attached hydrogens (tertiary/aromatic N) is 2. The molecular weight excluding hydrogens is 262 g/mol. The summed E-state index contributed by atoms with van der Waals surface area (Å²) >= 11 is 0. The van der Waals surface area contributed by atoms with Gasteiger partial charge in [0.25, 0.3) is 5.91 Å². The van der Waals surface area contributed by atoms with Gasteiger partial charge in [0.15, 0.2) is 0 Å². The Hall–Kier alpha value is -1.73. The lowest BCUT2D eigenvalue weighted by atomic mass is 9.62. The summed E-state index contributed by atoms with van der Waals surface area (Å²) in [5.41, 5.74) is 0.785. The van der Waals surface area contributed by atoms with Crippen LogP contribution in [-0.4, -0.2) is 32.1 Å². The summed E-state index contributed by atoms with van der Waals surface area (Å²) in [6.45, 7) is 5.42. The third-order valence-electron chi connectivity index (χ3n) is 3.33. The van der Waals surface area contributed by atoms with Crippen molar-refractivity contribution in [1.29, 1.82) is 5.26 Å². The standard InChI is InChI=1S/C15H16B2N2O2/c1-14(2,3)13(20)19-12(8-15(16,17)21-19)11-6-4-10(9-18)5-7-11/h4-7,12H,8H2,1-3H3/t12-/m0/s1. The van der Waals surface area contributed by atoms with E-state index in [-0.39, 0.29) is 11.9 Å². The maximum Gasteiger partial charge on any atom is 0.252 e. The molecule has 0 bridgehead atoms. The molecule has 6 heteroatoms. The molecule has 1 aromatic rings. The number of amides is 1. The summed E-state index contributed by atoms with van der Waals surface area (Å²) in [6, 6.07) is 8.67. The van der Waals surface area contributed by atoms with Crippen molar-refractivity contribution in [3.8, 4) is 6.07 Å². The third kappa shape index (κ3) is 3.30. The van der Waals surface area contributed by atoms with Crippen LogP contribution in [0.25, 0.3) is 0 Å². The second-order valence-corrected chi connectivity index (χ2v) is 6.38. The number of hydrogen-bond acceptors (Lipinski definition) is 3. The zero-order chi connectivity index (χ0) is 15.8. The smallest absolute Gasteiger partial charge is 0.252 e.